The molecule has 6 aromatic carbocycles. The number of para-hydroxylation sites is 4. The van der Waals surface area contributed by atoms with Gasteiger partial charge in [0.15, 0.2) is 0 Å². The summed E-state index contributed by atoms with van der Waals surface area (Å²) in [4.78, 5) is 0. The third kappa shape index (κ3) is 2.97. The highest BCUT2D eigenvalue weighted by Gasteiger charge is 2.34. The van der Waals surface area contributed by atoms with E-state index in [1.807, 2.05) is 0 Å². The predicted molar refractivity (Wildman–Crippen MR) is 173 cm³/mol. The van der Waals surface area contributed by atoms with Gasteiger partial charge in [-0.1, -0.05) is 105 Å². The van der Waals surface area contributed by atoms with Gasteiger partial charge < -0.3 is 9.13 Å². The lowest BCUT2D eigenvalue weighted by atomic mass is 9.75. The second-order valence-corrected chi connectivity index (χ2v) is 11.8. The molecule has 0 saturated heterocycles. The molecule has 0 fully saturated rings. The van der Waals surface area contributed by atoms with Gasteiger partial charge in [-0.2, -0.15) is 0 Å². The first kappa shape index (κ1) is 22.7. The maximum Gasteiger partial charge on any atom is 0.0582 e. The lowest BCUT2D eigenvalue weighted by Gasteiger charge is -2.34. The highest BCUT2D eigenvalue weighted by atomic mass is 15.0. The summed E-state index contributed by atoms with van der Waals surface area (Å²) in [5, 5.41) is 5.20. The highest BCUT2D eigenvalue weighted by Crippen LogP contribution is 2.47. The van der Waals surface area contributed by atoms with E-state index in [4.69, 9.17) is 0 Å². The molecule has 2 aromatic heterocycles. The van der Waals surface area contributed by atoms with Gasteiger partial charge in [-0.05, 0) is 64.7 Å². The maximum absolute atomic E-state index is 2.48. The topological polar surface area (TPSA) is 9.86 Å². The summed E-state index contributed by atoms with van der Waals surface area (Å²) >= 11 is 0. The van der Waals surface area contributed by atoms with Crippen molar-refractivity contribution in [3.05, 3.63) is 145 Å². The fraction of sp³-hybridized carbons (Fsp3) is 0.0769. The summed E-state index contributed by atoms with van der Waals surface area (Å²) < 4.78 is 4.86. The minimum atomic E-state index is -0.0497. The van der Waals surface area contributed by atoms with Gasteiger partial charge in [0, 0.05) is 32.6 Å². The van der Waals surface area contributed by atoms with Crippen molar-refractivity contribution in [3.8, 4) is 22.5 Å². The number of hydrogen-bond donors (Lipinski definition) is 0. The quantitative estimate of drug-likeness (QED) is 0.213. The number of nitrogens with zero attached hydrogens (tertiary/aromatic N) is 2. The molecule has 3 heterocycles. The van der Waals surface area contributed by atoms with Gasteiger partial charge in [0.1, 0.15) is 0 Å². The van der Waals surface area contributed by atoms with E-state index < -0.39 is 0 Å². The van der Waals surface area contributed by atoms with Gasteiger partial charge in [0.25, 0.3) is 0 Å². The van der Waals surface area contributed by atoms with E-state index in [0.29, 0.717) is 0 Å². The minimum Gasteiger partial charge on any atom is -0.309 e. The third-order valence-corrected chi connectivity index (χ3v) is 9.32. The van der Waals surface area contributed by atoms with Crippen LogP contribution in [0.2, 0.25) is 0 Å². The molecular formula is C39H28N2. The molecule has 0 N–H and O–H groups in total. The molecule has 2 nitrogen and oxygen atoms in total. The van der Waals surface area contributed by atoms with Crippen LogP contribution in [0.15, 0.2) is 133 Å². The average molecular weight is 525 g/mol. The van der Waals surface area contributed by atoms with Crippen LogP contribution >= 0.6 is 0 Å². The van der Waals surface area contributed by atoms with Crippen LogP contribution in [0.5, 0.6) is 0 Å². The summed E-state index contributed by atoms with van der Waals surface area (Å²) in [7, 11) is 0. The first-order chi connectivity index (χ1) is 20.1. The molecule has 194 valence electrons. The zero-order valence-electron chi connectivity index (χ0n) is 23.1. The summed E-state index contributed by atoms with van der Waals surface area (Å²) in [6, 6.07) is 49.1. The first-order valence-electron chi connectivity index (χ1n) is 14.4. The van der Waals surface area contributed by atoms with Gasteiger partial charge in [-0.3, -0.25) is 0 Å². The van der Waals surface area contributed by atoms with Crippen molar-refractivity contribution in [1.82, 2.24) is 9.13 Å². The highest BCUT2D eigenvalue weighted by molar-refractivity contribution is 6.13. The second-order valence-electron chi connectivity index (χ2n) is 11.8. The molecule has 9 rings (SSSR count). The van der Waals surface area contributed by atoms with Crippen LogP contribution in [0.3, 0.4) is 0 Å². The predicted octanol–water partition coefficient (Wildman–Crippen LogP) is 10.2. The summed E-state index contributed by atoms with van der Waals surface area (Å²) in [6.07, 6.45) is 0. The molecule has 41 heavy (non-hydrogen) atoms. The van der Waals surface area contributed by atoms with Gasteiger partial charge in [-0.25, -0.2) is 0 Å². The largest absolute Gasteiger partial charge is 0.309 e. The van der Waals surface area contributed by atoms with E-state index in [1.54, 1.807) is 0 Å². The lowest BCUT2D eigenvalue weighted by molar-refractivity contribution is 0.630. The minimum absolute atomic E-state index is 0.0497. The Kier molecular flexibility index (Phi) is 4.42. The molecule has 0 atom stereocenters. The zero-order valence-corrected chi connectivity index (χ0v) is 23.1. The van der Waals surface area contributed by atoms with Crippen molar-refractivity contribution in [2.75, 3.05) is 0 Å². The average Bonchev–Trinajstić information content (AvgIpc) is 3.53. The number of aromatic nitrogens is 2. The molecule has 0 bridgehead atoms. The van der Waals surface area contributed by atoms with Crippen LogP contribution in [0.1, 0.15) is 25.0 Å². The molecule has 0 unspecified atom stereocenters. The van der Waals surface area contributed by atoms with Crippen molar-refractivity contribution >= 4 is 43.6 Å². The monoisotopic (exact) mass is 524 g/mol. The van der Waals surface area contributed by atoms with E-state index in [-0.39, 0.29) is 5.41 Å². The zero-order chi connectivity index (χ0) is 27.3. The van der Waals surface area contributed by atoms with Crippen LogP contribution in [-0.4, -0.2) is 9.13 Å². The van der Waals surface area contributed by atoms with Crippen molar-refractivity contribution in [1.29, 1.82) is 0 Å². The Hall–Kier alpha value is -5.08. The summed E-state index contributed by atoms with van der Waals surface area (Å²) in [5.41, 5.74) is 12.7. The number of hydrogen-bond acceptors (Lipinski definition) is 0. The van der Waals surface area contributed by atoms with Gasteiger partial charge in [-0.15, -0.1) is 0 Å². The maximum atomic E-state index is 2.48. The van der Waals surface area contributed by atoms with Crippen LogP contribution in [0, 0.1) is 0 Å². The molecule has 1 aliphatic heterocycles. The molecule has 0 saturated carbocycles. The van der Waals surface area contributed by atoms with Crippen molar-refractivity contribution in [2.24, 2.45) is 0 Å². The third-order valence-electron chi connectivity index (χ3n) is 9.32. The van der Waals surface area contributed by atoms with Gasteiger partial charge >= 0.3 is 0 Å². The Morgan fingerprint density at radius 3 is 1.78 bits per heavy atom. The number of benzene rings is 6. The molecule has 2 heteroatoms. The Morgan fingerprint density at radius 1 is 0.439 bits per heavy atom. The van der Waals surface area contributed by atoms with Crippen molar-refractivity contribution < 1.29 is 0 Å². The standard InChI is InChI=1S/C39H28N2/c1-39(2)32-13-5-8-17-37(32)41-36-23-20-26(24-31(36)30-12-9-14-33(39)38(30)41)25-18-21-27(22-19-25)40-34-15-6-3-10-28(34)29-11-4-7-16-35(29)40/h3-24H,1-2H3. The Morgan fingerprint density at radius 2 is 1.02 bits per heavy atom. The summed E-state index contributed by atoms with van der Waals surface area (Å²) in [6.45, 7) is 4.71. The van der Waals surface area contributed by atoms with Crippen LogP contribution < -0.4 is 0 Å². The van der Waals surface area contributed by atoms with Crippen LogP contribution in [-0.2, 0) is 5.41 Å². The molecule has 0 amide bonds. The molecule has 8 aromatic rings. The molecule has 1 aliphatic rings. The van der Waals surface area contributed by atoms with Gasteiger partial charge in [0.05, 0.1) is 27.8 Å². The van der Waals surface area contributed by atoms with Crippen molar-refractivity contribution in [2.45, 2.75) is 19.3 Å². The SMILES string of the molecule is CC1(C)c2ccccc2-n2c3ccc(-c4ccc(-n5c6ccccc6c6ccccc65)cc4)cc3c3cccc1c32. The molecule has 0 spiro atoms. The number of rotatable bonds is 2. The Bertz CT molecular complexity index is 2270. The van der Waals surface area contributed by atoms with E-state index in [0.717, 1.165) is 0 Å². The van der Waals surface area contributed by atoms with Crippen LogP contribution in [0.25, 0.3) is 66.1 Å². The first-order valence-corrected chi connectivity index (χ1v) is 14.4. The van der Waals surface area contributed by atoms with Crippen molar-refractivity contribution in [3.63, 3.8) is 0 Å². The van der Waals surface area contributed by atoms with E-state index in [2.05, 4.69) is 156 Å². The van der Waals surface area contributed by atoms with E-state index in [1.165, 1.54) is 77.2 Å². The van der Waals surface area contributed by atoms with Gasteiger partial charge in [0.2, 0.25) is 0 Å². The fourth-order valence-electron chi connectivity index (χ4n) is 7.35. The van der Waals surface area contributed by atoms with E-state index >= 15 is 0 Å². The normalized spacial score (nSPS) is 13.8. The van der Waals surface area contributed by atoms with Crippen LogP contribution in [0.4, 0.5) is 0 Å². The molecular weight excluding hydrogens is 496 g/mol. The number of fused-ring (bicyclic) bond motifs is 8. The Balaban J connectivity index is 1.22. The van der Waals surface area contributed by atoms with E-state index in [9.17, 15) is 0 Å². The lowest BCUT2D eigenvalue weighted by Crippen LogP contribution is -2.26. The smallest absolute Gasteiger partial charge is 0.0582 e. The molecule has 0 radical (unpaired) electrons. The molecule has 0 aliphatic carbocycles. The summed E-state index contributed by atoms with van der Waals surface area (Å²) in [5.74, 6) is 0. The Labute approximate surface area is 238 Å². The second kappa shape index (κ2) is 7.99. The fourth-order valence-corrected chi connectivity index (χ4v) is 7.35.